The molecule has 114 valence electrons. The molecule has 2 rings (SSSR count). The summed E-state index contributed by atoms with van der Waals surface area (Å²) >= 11 is 0. The van der Waals surface area contributed by atoms with Gasteiger partial charge in [-0.25, -0.2) is 0 Å². The first-order valence-electron chi connectivity index (χ1n) is 7.52. The van der Waals surface area contributed by atoms with Crippen LogP contribution in [-0.2, 0) is 4.79 Å². The Balaban J connectivity index is 1.93. The summed E-state index contributed by atoms with van der Waals surface area (Å²) in [5.41, 5.74) is 6.51. The summed E-state index contributed by atoms with van der Waals surface area (Å²) in [6.07, 6.45) is 6.44. The predicted molar refractivity (Wildman–Crippen MR) is 81.9 cm³/mol. The molecule has 0 bridgehead atoms. The molecule has 0 spiro atoms. The summed E-state index contributed by atoms with van der Waals surface area (Å²) in [6.45, 7) is 0. The Morgan fingerprint density at radius 1 is 1.33 bits per heavy atom. The van der Waals surface area contributed by atoms with Crippen LogP contribution in [0.15, 0.2) is 35.5 Å². The number of hydrogen-bond acceptors (Lipinski definition) is 3. The van der Waals surface area contributed by atoms with E-state index < -0.39 is 6.04 Å². The van der Waals surface area contributed by atoms with Gasteiger partial charge in [0.15, 0.2) is 5.84 Å². The van der Waals surface area contributed by atoms with Gasteiger partial charge in [-0.1, -0.05) is 61.2 Å². The molecule has 0 saturated heterocycles. The zero-order valence-corrected chi connectivity index (χ0v) is 12.2. The van der Waals surface area contributed by atoms with Crippen LogP contribution in [0.25, 0.3) is 0 Å². The number of carbonyl (C=O) groups is 1. The molecular weight excluding hydrogens is 266 g/mol. The first-order valence-corrected chi connectivity index (χ1v) is 7.52. The number of nitrogens with two attached hydrogens (primary N) is 1. The van der Waals surface area contributed by atoms with Crippen LogP contribution < -0.4 is 11.1 Å². The van der Waals surface area contributed by atoms with Gasteiger partial charge in [0.25, 0.3) is 0 Å². The van der Waals surface area contributed by atoms with Gasteiger partial charge in [0.05, 0.1) is 0 Å². The van der Waals surface area contributed by atoms with Crippen LogP contribution in [0.3, 0.4) is 0 Å². The molecular formula is C16H23N3O2. The third kappa shape index (κ3) is 4.48. The van der Waals surface area contributed by atoms with E-state index in [9.17, 15) is 4.79 Å². The van der Waals surface area contributed by atoms with E-state index in [1.54, 1.807) is 0 Å². The fraction of sp³-hybridized carbons (Fsp3) is 0.500. The van der Waals surface area contributed by atoms with E-state index in [4.69, 9.17) is 10.9 Å². The van der Waals surface area contributed by atoms with Crippen molar-refractivity contribution in [1.29, 1.82) is 0 Å². The third-order valence-electron chi connectivity index (χ3n) is 4.10. The number of hydrogen-bond donors (Lipinski definition) is 3. The molecule has 0 heterocycles. The van der Waals surface area contributed by atoms with Crippen LogP contribution in [0.1, 0.15) is 50.1 Å². The second kappa shape index (κ2) is 7.67. The van der Waals surface area contributed by atoms with E-state index >= 15 is 0 Å². The monoisotopic (exact) mass is 289 g/mol. The summed E-state index contributed by atoms with van der Waals surface area (Å²) in [6, 6.07) is 8.72. The lowest BCUT2D eigenvalue weighted by Crippen LogP contribution is -2.37. The van der Waals surface area contributed by atoms with Gasteiger partial charge in [0.2, 0.25) is 5.91 Å². The number of benzene rings is 1. The van der Waals surface area contributed by atoms with Crippen LogP contribution >= 0.6 is 0 Å². The molecule has 5 nitrogen and oxygen atoms in total. The van der Waals surface area contributed by atoms with Crippen molar-refractivity contribution in [3.05, 3.63) is 35.9 Å². The molecule has 21 heavy (non-hydrogen) atoms. The van der Waals surface area contributed by atoms with Gasteiger partial charge in [-0.3, -0.25) is 4.79 Å². The van der Waals surface area contributed by atoms with E-state index in [1.807, 2.05) is 30.3 Å². The first kappa shape index (κ1) is 15.4. The van der Waals surface area contributed by atoms with E-state index in [-0.39, 0.29) is 11.7 Å². The van der Waals surface area contributed by atoms with Crippen molar-refractivity contribution in [3.63, 3.8) is 0 Å². The van der Waals surface area contributed by atoms with Gasteiger partial charge in [0.1, 0.15) is 6.04 Å². The van der Waals surface area contributed by atoms with Crippen LogP contribution in [0.4, 0.5) is 0 Å². The highest BCUT2D eigenvalue weighted by Gasteiger charge is 2.21. The molecule has 5 heteroatoms. The largest absolute Gasteiger partial charge is 0.409 e. The number of nitrogens with zero attached hydrogens (tertiary/aromatic N) is 1. The van der Waals surface area contributed by atoms with Crippen molar-refractivity contribution in [1.82, 2.24) is 5.32 Å². The van der Waals surface area contributed by atoms with Crippen LogP contribution in [0.2, 0.25) is 0 Å². The smallest absolute Gasteiger partial charge is 0.220 e. The normalized spacial score (nSPS) is 17.6. The Hall–Kier alpha value is -2.04. The van der Waals surface area contributed by atoms with Crippen LogP contribution in [0, 0.1) is 5.92 Å². The van der Waals surface area contributed by atoms with Crippen molar-refractivity contribution >= 4 is 11.7 Å². The molecule has 1 unspecified atom stereocenters. The minimum Gasteiger partial charge on any atom is -0.409 e. The Labute approximate surface area is 125 Å². The standard InChI is InChI=1S/C16H23N3O2/c17-16(19-21)15(13-8-2-1-3-9-13)18-14(20)11-10-12-6-4-5-7-12/h1-3,8-9,12,15,21H,4-7,10-11H2,(H2,17,19)(H,18,20). The molecule has 1 aliphatic rings. The SMILES string of the molecule is N/C(=N/O)C(NC(=O)CCC1CCCC1)c1ccccc1. The van der Waals surface area contributed by atoms with Crippen molar-refractivity contribution in [2.75, 3.05) is 0 Å². The number of amidine groups is 1. The van der Waals surface area contributed by atoms with Crippen molar-refractivity contribution in [3.8, 4) is 0 Å². The van der Waals surface area contributed by atoms with Gasteiger partial charge in [-0.2, -0.15) is 0 Å². The summed E-state index contributed by atoms with van der Waals surface area (Å²) in [4.78, 5) is 12.1. The van der Waals surface area contributed by atoms with Crippen LogP contribution in [0.5, 0.6) is 0 Å². The van der Waals surface area contributed by atoms with Gasteiger partial charge in [-0.05, 0) is 17.9 Å². The predicted octanol–water partition coefficient (Wildman–Crippen LogP) is 2.56. The van der Waals surface area contributed by atoms with Crippen molar-refractivity contribution < 1.29 is 10.0 Å². The molecule has 4 N–H and O–H groups in total. The Kier molecular flexibility index (Phi) is 5.60. The molecule has 1 fully saturated rings. The first-order chi connectivity index (χ1) is 10.2. The maximum Gasteiger partial charge on any atom is 0.220 e. The van der Waals surface area contributed by atoms with Gasteiger partial charge < -0.3 is 16.3 Å². The minimum absolute atomic E-state index is 0.00424. The zero-order valence-electron chi connectivity index (χ0n) is 12.2. The lowest BCUT2D eigenvalue weighted by atomic mass is 10.0. The van der Waals surface area contributed by atoms with Crippen molar-refractivity contribution in [2.45, 2.75) is 44.6 Å². The number of nitrogens with one attached hydrogen (secondary N) is 1. The minimum atomic E-state index is -0.577. The topological polar surface area (TPSA) is 87.7 Å². The van der Waals surface area contributed by atoms with Crippen LogP contribution in [-0.4, -0.2) is 17.0 Å². The number of rotatable bonds is 6. The lowest BCUT2D eigenvalue weighted by molar-refractivity contribution is -0.121. The molecule has 1 aliphatic carbocycles. The average Bonchev–Trinajstić information content (AvgIpc) is 3.04. The number of oxime groups is 1. The average molecular weight is 289 g/mol. The molecule has 1 saturated carbocycles. The zero-order chi connectivity index (χ0) is 15.1. The van der Waals surface area contributed by atoms with Gasteiger partial charge in [-0.15, -0.1) is 0 Å². The molecule has 1 aromatic rings. The second-order valence-corrected chi connectivity index (χ2v) is 5.63. The fourth-order valence-electron chi connectivity index (χ4n) is 2.90. The van der Waals surface area contributed by atoms with Gasteiger partial charge in [0, 0.05) is 6.42 Å². The molecule has 1 aromatic carbocycles. The maximum atomic E-state index is 12.1. The Morgan fingerprint density at radius 2 is 2.00 bits per heavy atom. The van der Waals surface area contributed by atoms with E-state index in [0.29, 0.717) is 12.3 Å². The summed E-state index contributed by atoms with van der Waals surface area (Å²) in [5, 5.41) is 14.8. The summed E-state index contributed by atoms with van der Waals surface area (Å²) in [5.74, 6) is 0.618. The van der Waals surface area contributed by atoms with E-state index in [1.165, 1.54) is 25.7 Å². The number of amides is 1. The Bertz CT molecular complexity index is 482. The summed E-state index contributed by atoms with van der Waals surface area (Å²) in [7, 11) is 0. The molecule has 0 radical (unpaired) electrons. The maximum absolute atomic E-state index is 12.1. The van der Waals surface area contributed by atoms with E-state index in [2.05, 4.69) is 10.5 Å². The molecule has 1 amide bonds. The second-order valence-electron chi connectivity index (χ2n) is 5.63. The number of carbonyl (C=O) groups excluding carboxylic acids is 1. The highest BCUT2D eigenvalue weighted by Crippen LogP contribution is 2.28. The lowest BCUT2D eigenvalue weighted by Gasteiger charge is -2.18. The summed E-state index contributed by atoms with van der Waals surface area (Å²) < 4.78 is 0. The van der Waals surface area contributed by atoms with E-state index in [0.717, 1.165) is 12.0 Å². The third-order valence-corrected chi connectivity index (χ3v) is 4.10. The molecule has 1 atom stereocenters. The fourth-order valence-corrected chi connectivity index (χ4v) is 2.90. The highest BCUT2D eigenvalue weighted by atomic mass is 16.4. The quantitative estimate of drug-likeness (QED) is 0.325. The molecule has 0 aromatic heterocycles. The highest BCUT2D eigenvalue weighted by molar-refractivity contribution is 5.90. The van der Waals surface area contributed by atoms with Gasteiger partial charge >= 0.3 is 0 Å². The van der Waals surface area contributed by atoms with Crippen molar-refractivity contribution in [2.24, 2.45) is 16.8 Å². The molecule has 0 aliphatic heterocycles. The Morgan fingerprint density at radius 3 is 2.62 bits per heavy atom.